The minimum absolute atomic E-state index is 0.329. The number of rotatable bonds is 0. The van der Waals surface area contributed by atoms with E-state index in [9.17, 15) is 17.6 Å². The summed E-state index contributed by atoms with van der Waals surface area (Å²) < 4.78 is 52.2. The van der Waals surface area contributed by atoms with Gasteiger partial charge in [-0.25, -0.2) is 17.6 Å². The van der Waals surface area contributed by atoms with E-state index in [1.807, 2.05) is 19.6 Å². The summed E-state index contributed by atoms with van der Waals surface area (Å²) in [6.07, 6.45) is 0. The van der Waals surface area contributed by atoms with E-state index in [4.69, 9.17) is 0 Å². The lowest BCUT2D eigenvalue weighted by molar-refractivity contribution is 0.404. The zero-order chi connectivity index (χ0) is 13.4. The van der Waals surface area contributed by atoms with Crippen molar-refractivity contribution in [3.63, 3.8) is 0 Å². The Bertz CT molecular complexity index is 494. The van der Waals surface area contributed by atoms with E-state index in [0.717, 1.165) is 0 Å². The van der Waals surface area contributed by atoms with Crippen LogP contribution in [0.15, 0.2) is 0 Å². The lowest BCUT2D eigenvalue weighted by Gasteiger charge is -2.06. The Hall–Kier alpha value is -0.553. The van der Waals surface area contributed by atoms with Crippen molar-refractivity contribution in [2.45, 2.75) is 19.6 Å². The second-order valence-electron chi connectivity index (χ2n) is 4.44. The molecule has 1 aromatic rings. The lowest BCUT2D eigenvalue weighted by atomic mass is 10.2. The van der Waals surface area contributed by atoms with Crippen LogP contribution in [0.5, 0.6) is 0 Å². The molecule has 0 saturated carbocycles. The van der Waals surface area contributed by atoms with Gasteiger partial charge in [-0.15, -0.1) is 5.54 Å². The molecule has 0 bridgehead atoms. The van der Waals surface area contributed by atoms with Crippen molar-refractivity contribution in [1.82, 2.24) is 0 Å². The first-order valence-corrected chi connectivity index (χ1v) is 9.27. The highest BCUT2D eigenvalue weighted by atomic mass is 127. The van der Waals surface area contributed by atoms with Crippen molar-refractivity contribution in [3.05, 3.63) is 32.4 Å². The van der Waals surface area contributed by atoms with Crippen molar-refractivity contribution in [2.24, 2.45) is 0 Å². The summed E-state index contributed by atoms with van der Waals surface area (Å²) in [5.41, 5.74) is 2.37. The maximum Gasteiger partial charge on any atom is 0.198 e. The number of halogens is 5. The summed E-state index contributed by atoms with van der Waals surface area (Å²) in [5.74, 6) is -4.03. The van der Waals surface area contributed by atoms with Gasteiger partial charge in [-0.1, -0.05) is 25.6 Å². The molecule has 0 aromatic heterocycles. The van der Waals surface area contributed by atoms with Gasteiger partial charge in [0, 0.05) is 0 Å². The van der Waals surface area contributed by atoms with Gasteiger partial charge >= 0.3 is 0 Å². The van der Waals surface area contributed by atoms with Crippen LogP contribution in [0.25, 0.3) is 0 Å². The average Bonchev–Trinajstić information content (AvgIpc) is 2.22. The van der Waals surface area contributed by atoms with Gasteiger partial charge < -0.3 is 0 Å². The van der Waals surface area contributed by atoms with Crippen LogP contribution < -0.4 is 0 Å². The third kappa shape index (κ3) is 3.22. The molecule has 0 atom stereocenters. The summed E-state index contributed by atoms with van der Waals surface area (Å²) in [6, 6.07) is 0. The molecule has 0 heterocycles. The van der Waals surface area contributed by atoms with E-state index in [1.54, 1.807) is 0 Å². The van der Waals surface area contributed by atoms with Gasteiger partial charge in [0.15, 0.2) is 23.3 Å². The van der Waals surface area contributed by atoms with E-state index in [0.29, 0.717) is 0 Å². The van der Waals surface area contributed by atoms with Gasteiger partial charge in [-0.2, -0.15) is 0 Å². The predicted octanol–water partition coefficient (Wildman–Crippen LogP) is 4.08. The van der Waals surface area contributed by atoms with Gasteiger partial charge in [-0.05, 0) is 22.6 Å². The molecule has 0 spiro atoms. The van der Waals surface area contributed by atoms with Gasteiger partial charge in [0.1, 0.15) is 8.07 Å². The topological polar surface area (TPSA) is 0 Å². The fourth-order valence-electron chi connectivity index (χ4n) is 0.965. The fraction of sp³-hybridized carbons (Fsp3) is 0.273. The molecule has 17 heavy (non-hydrogen) atoms. The number of hydrogen-bond donors (Lipinski definition) is 0. The molecule has 0 fully saturated rings. The van der Waals surface area contributed by atoms with E-state index < -0.39 is 36.9 Å². The first-order valence-electron chi connectivity index (χ1n) is 4.69. The summed E-state index contributed by atoms with van der Waals surface area (Å²) >= 11 is 1.42. The highest BCUT2D eigenvalue weighted by molar-refractivity contribution is 14.1. The van der Waals surface area contributed by atoms with Crippen LogP contribution in [0.2, 0.25) is 19.6 Å². The smallest absolute Gasteiger partial charge is 0.198 e. The standard InChI is InChI=1S/C11H9F4ISi/c1-17(2,3)5-4-6-7(12)8(13)9(14)10(15)11(6)16/h1-3H3. The fourth-order valence-corrected chi connectivity index (χ4v) is 2.07. The summed E-state index contributed by atoms with van der Waals surface area (Å²) in [4.78, 5) is 0. The SMILES string of the molecule is C[Si](C)(C)C#Cc1c(F)c(F)c(F)c(F)c1I. The van der Waals surface area contributed by atoms with Gasteiger partial charge in [-0.3, -0.25) is 0 Å². The second kappa shape index (κ2) is 4.98. The Morgan fingerprint density at radius 3 is 1.82 bits per heavy atom. The monoisotopic (exact) mass is 372 g/mol. The molecule has 92 valence electrons. The van der Waals surface area contributed by atoms with Gasteiger partial charge in [0.2, 0.25) is 0 Å². The van der Waals surface area contributed by atoms with Crippen LogP contribution in [0.4, 0.5) is 17.6 Å². The van der Waals surface area contributed by atoms with Crippen molar-refractivity contribution in [2.75, 3.05) is 0 Å². The van der Waals surface area contributed by atoms with Gasteiger partial charge in [0.05, 0.1) is 9.13 Å². The first-order chi connectivity index (χ1) is 7.65. The van der Waals surface area contributed by atoms with Crippen LogP contribution in [-0.2, 0) is 0 Å². The van der Waals surface area contributed by atoms with Crippen molar-refractivity contribution in [1.29, 1.82) is 0 Å². The second-order valence-corrected chi connectivity index (χ2v) is 10.3. The average molecular weight is 372 g/mol. The molecular formula is C11H9F4ISi. The molecule has 1 aromatic carbocycles. The van der Waals surface area contributed by atoms with Crippen LogP contribution in [0.3, 0.4) is 0 Å². The Labute approximate surface area is 112 Å². The van der Waals surface area contributed by atoms with E-state index in [-0.39, 0.29) is 3.57 Å². The maximum atomic E-state index is 13.4. The van der Waals surface area contributed by atoms with Crippen molar-refractivity contribution >= 4 is 30.7 Å². The summed E-state index contributed by atoms with van der Waals surface area (Å²) in [7, 11) is -1.80. The molecule has 1 rings (SSSR count). The molecule has 0 aliphatic heterocycles. The number of benzene rings is 1. The quantitative estimate of drug-likeness (QED) is 0.161. The Morgan fingerprint density at radius 2 is 1.35 bits per heavy atom. The third-order valence-corrected chi connectivity index (χ3v) is 3.66. The molecule has 0 amide bonds. The maximum absolute atomic E-state index is 13.4. The van der Waals surface area contributed by atoms with Crippen LogP contribution in [0, 0.1) is 38.3 Å². The molecular weight excluding hydrogens is 363 g/mol. The third-order valence-electron chi connectivity index (χ3n) is 1.77. The highest BCUT2D eigenvalue weighted by Crippen LogP contribution is 2.24. The largest absolute Gasteiger partial charge is 0.202 e. The normalized spacial score (nSPS) is 11.1. The molecule has 0 saturated heterocycles. The van der Waals surface area contributed by atoms with Crippen LogP contribution in [-0.4, -0.2) is 8.07 Å². The molecule has 6 heteroatoms. The zero-order valence-corrected chi connectivity index (χ0v) is 12.5. The summed E-state index contributed by atoms with van der Waals surface area (Å²) in [6.45, 7) is 5.71. The zero-order valence-electron chi connectivity index (χ0n) is 9.39. The predicted molar refractivity (Wildman–Crippen MR) is 69.2 cm³/mol. The first kappa shape index (κ1) is 14.5. The lowest BCUT2D eigenvalue weighted by Crippen LogP contribution is -2.16. The Morgan fingerprint density at radius 1 is 0.882 bits per heavy atom. The molecule has 0 unspecified atom stereocenters. The molecule has 0 N–H and O–H groups in total. The molecule has 0 aliphatic rings. The van der Waals surface area contributed by atoms with Crippen molar-refractivity contribution < 1.29 is 17.6 Å². The van der Waals surface area contributed by atoms with E-state index in [2.05, 4.69) is 11.5 Å². The van der Waals surface area contributed by atoms with E-state index in [1.165, 1.54) is 22.6 Å². The van der Waals surface area contributed by atoms with Crippen molar-refractivity contribution in [3.8, 4) is 11.5 Å². The Balaban J connectivity index is 3.49. The van der Waals surface area contributed by atoms with Gasteiger partial charge in [0.25, 0.3) is 0 Å². The van der Waals surface area contributed by atoms with Crippen LogP contribution in [0.1, 0.15) is 5.56 Å². The minimum atomic E-state index is -1.82. The minimum Gasteiger partial charge on any atom is -0.202 e. The number of hydrogen-bond acceptors (Lipinski definition) is 0. The highest BCUT2D eigenvalue weighted by Gasteiger charge is 2.23. The molecule has 0 aliphatic carbocycles. The Kier molecular flexibility index (Phi) is 4.25. The molecule has 0 nitrogen and oxygen atoms in total. The van der Waals surface area contributed by atoms with E-state index >= 15 is 0 Å². The molecule has 0 radical (unpaired) electrons. The summed E-state index contributed by atoms with van der Waals surface area (Å²) in [5, 5.41) is 0. The van der Waals surface area contributed by atoms with Crippen LogP contribution >= 0.6 is 22.6 Å².